The zero-order valence-corrected chi connectivity index (χ0v) is 15.7. The van der Waals surface area contributed by atoms with Crippen molar-refractivity contribution in [2.45, 2.75) is 19.4 Å². The molecule has 0 aliphatic carbocycles. The van der Waals surface area contributed by atoms with Gasteiger partial charge in [0, 0.05) is 37.0 Å². The Bertz CT molecular complexity index is 882. The molecule has 8 nitrogen and oxygen atoms in total. The van der Waals surface area contributed by atoms with Crippen LogP contribution in [0, 0.1) is 0 Å². The van der Waals surface area contributed by atoms with Crippen LogP contribution in [0.1, 0.15) is 13.3 Å². The molecule has 0 aromatic heterocycles. The first-order valence-corrected chi connectivity index (χ1v) is 8.84. The van der Waals surface area contributed by atoms with Crippen molar-refractivity contribution in [1.82, 2.24) is 5.32 Å². The van der Waals surface area contributed by atoms with Crippen molar-refractivity contribution in [1.29, 1.82) is 0 Å². The van der Waals surface area contributed by atoms with Crippen LogP contribution in [0.25, 0.3) is 0 Å². The minimum Gasteiger partial charge on any atom is -0.497 e. The first kappa shape index (κ1) is 19.2. The summed E-state index contributed by atoms with van der Waals surface area (Å²) in [5.74, 6) is 0.471. The summed E-state index contributed by atoms with van der Waals surface area (Å²) < 4.78 is 5.13. The molecule has 8 heteroatoms. The molecule has 0 spiro atoms. The zero-order valence-electron chi connectivity index (χ0n) is 15.7. The highest BCUT2D eigenvalue weighted by Gasteiger charge is 2.31. The van der Waals surface area contributed by atoms with Gasteiger partial charge in [-0.05, 0) is 42.5 Å². The molecule has 3 N–H and O–H groups in total. The van der Waals surface area contributed by atoms with E-state index in [9.17, 15) is 14.4 Å². The number of carbonyl (C=O) groups is 3. The molecule has 0 radical (unpaired) electrons. The normalized spacial score (nSPS) is 15.9. The number of hydrogen-bond acceptors (Lipinski definition) is 4. The van der Waals surface area contributed by atoms with Crippen LogP contribution in [0.3, 0.4) is 0 Å². The Hall–Kier alpha value is -3.55. The van der Waals surface area contributed by atoms with Gasteiger partial charge in [0.2, 0.25) is 11.8 Å². The van der Waals surface area contributed by atoms with Crippen LogP contribution in [-0.2, 0) is 9.59 Å². The number of carbonyl (C=O) groups excluding carboxylic acids is 3. The van der Waals surface area contributed by atoms with Crippen LogP contribution in [0.2, 0.25) is 0 Å². The van der Waals surface area contributed by atoms with E-state index < -0.39 is 6.03 Å². The molecule has 1 aliphatic heterocycles. The standard InChI is InChI=1S/C20H22N4O4/c1-13(25)21-14-4-3-5-15(10-14)22-20(27)23-16-11-19(26)24(12-16)17-6-8-18(28-2)9-7-17/h3-10,16H,11-12H2,1-2H3,(H,21,25)(H2,22,23,27). The Labute approximate surface area is 162 Å². The third-order valence-corrected chi connectivity index (χ3v) is 4.29. The number of anilines is 3. The number of benzene rings is 2. The average molecular weight is 382 g/mol. The SMILES string of the molecule is COc1ccc(N2CC(NC(=O)Nc3cccc(NC(C)=O)c3)CC2=O)cc1. The van der Waals surface area contributed by atoms with Gasteiger partial charge in [-0.25, -0.2) is 4.79 Å². The number of ether oxygens (including phenoxy) is 1. The molecule has 28 heavy (non-hydrogen) atoms. The minimum absolute atomic E-state index is 0.0527. The number of amides is 4. The minimum atomic E-state index is -0.408. The lowest BCUT2D eigenvalue weighted by Gasteiger charge is -2.18. The Balaban J connectivity index is 1.57. The summed E-state index contributed by atoms with van der Waals surface area (Å²) in [6.45, 7) is 1.81. The van der Waals surface area contributed by atoms with Crippen LogP contribution < -0.4 is 25.6 Å². The summed E-state index contributed by atoms with van der Waals surface area (Å²) in [6.07, 6.45) is 0.228. The summed E-state index contributed by atoms with van der Waals surface area (Å²) in [7, 11) is 1.58. The molecular weight excluding hydrogens is 360 g/mol. The first-order valence-electron chi connectivity index (χ1n) is 8.84. The molecule has 1 heterocycles. The van der Waals surface area contributed by atoms with E-state index in [0.29, 0.717) is 23.7 Å². The topological polar surface area (TPSA) is 99.8 Å². The largest absolute Gasteiger partial charge is 0.497 e. The smallest absolute Gasteiger partial charge is 0.319 e. The summed E-state index contributed by atoms with van der Waals surface area (Å²) in [5.41, 5.74) is 1.89. The number of methoxy groups -OCH3 is 1. The summed E-state index contributed by atoms with van der Waals surface area (Å²) in [4.78, 5) is 37.4. The van der Waals surface area contributed by atoms with Crippen molar-refractivity contribution in [3.63, 3.8) is 0 Å². The Morgan fingerprint density at radius 1 is 1.07 bits per heavy atom. The predicted octanol–water partition coefficient (Wildman–Crippen LogP) is 2.58. The highest BCUT2D eigenvalue weighted by Crippen LogP contribution is 2.24. The Kier molecular flexibility index (Phi) is 5.78. The second kappa shape index (κ2) is 8.43. The van der Waals surface area contributed by atoms with Gasteiger partial charge in [-0.15, -0.1) is 0 Å². The Morgan fingerprint density at radius 2 is 1.75 bits per heavy atom. The van der Waals surface area contributed by atoms with Gasteiger partial charge in [-0.3, -0.25) is 9.59 Å². The van der Waals surface area contributed by atoms with Crippen LogP contribution in [-0.4, -0.2) is 37.5 Å². The summed E-state index contributed by atoms with van der Waals surface area (Å²) >= 11 is 0. The van der Waals surface area contributed by atoms with E-state index in [1.54, 1.807) is 48.4 Å². The van der Waals surface area contributed by atoms with Gasteiger partial charge >= 0.3 is 6.03 Å². The van der Waals surface area contributed by atoms with Crippen molar-refractivity contribution in [3.8, 4) is 5.75 Å². The maximum Gasteiger partial charge on any atom is 0.319 e. The summed E-state index contributed by atoms with van der Waals surface area (Å²) in [5, 5.41) is 8.19. The lowest BCUT2D eigenvalue weighted by Crippen LogP contribution is -2.39. The lowest BCUT2D eigenvalue weighted by atomic mass is 10.2. The van der Waals surface area contributed by atoms with E-state index in [-0.39, 0.29) is 24.3 Å². The third-order valence-electron chi connectivity index (χ3n) is 4.29. The average Bonchev–Trinajstić information content (AvgIpc) is 3.01. The van der Waals surface area contributed by atoms with E-state index in [4.69, 9.17) is 4.74 Å². The summed E-state index contributed by atoms with van der Waals surface area (Å²) in [6, 6.07) is 13.3. The van der Waals surface area contributed by atoms with Gasteiger partial charge in [0.1, 0.15) is 5.75 Å². The van der Waals surface area contributed by atoms with Gasteiger partial charge in [-0.1, -0.05) is 6.07 Å². The molecular formula is C20H22N4O4. The van der Waals surface area contributed by atoms with E-state index >= 15 is 0 Å². The second-order valence-electron chi connectivity index (χ2n) is 6.46. The molecule has 0 bridgehead atoms. The maximum absolute atomic E-state index is 12.3. The van der Waals surface area contributed by atoms with Gasteiger partial charge < -0.3 is 25.6 Å². The number of rotatable bonds is 5. The van der Waals surface area contributed by atoms with Crippen molar-refractivity contribution in [3.05, 3.63) is 48.5 Å². The second-order valence-corrected chi connectivity index (χ2v) is 6.46. The van der Waals surface area contributed by atoms with Crippen molar-refractivity contribution in [2.75, 3.05) is 29.2 Å². The lowest BCUT2D eigenvalue weighted by molar-refractivity contribution is -0.117. The monoisotopic (exact) mass is 382 g/mol. The fourth-order valence-corrected chi connectivity index (χ4v) is 3.05. The van der Waals surface area contributed by atoms with Crippen molar-refractivity contribution >= 4 is 34.9 Å². The van der Waals surface area contributed by atoms with Crippen molar-refractivity contribution < 1.29 is 19.1 Å². The molecule has 1 saturated heterocycles. The fourth-order valence-electron chi connectivity index (χ4n) is 3.05. The third kappa shape index (κ3) is 4.79. The number of hydrogen-bond donors (Lipinski definition) is 3. The maximum atomic E-state index is 12.3. The predicted molar refractivity (Wildman–Crippen MR) is 107 cm³/mol. The molecule has 4 amide bonds. The van der Waals surface area contributed by atoms with Gasteiger partial charge in [0.25, 0.3) is 0 Å². The molecule has 1 unspecified atom stereocenters. The van der Waals surface area contributed by atoms with E-state index in [1.807, 2.05) is 12.1 Å². The molecule has 1 aliphatic rings. The quantitative estimate of drug-likeness (QED) is 0.740. The highest BCUT2D eigenvalue weighted by atomic mass is 16.5. The number of urea groups is 1. The van der Waals surface area contributed by atoms with E-state index in [2.05, 4.69) is 16.0 Å². The number of nitrogens with zero attached hydrogens (tertiary/aromatic N) is 1. The van der Waals surface area contributed by atoms with Gasteiger partial charge in [0.15, 0.2) is 0 Å². The molecule has 146 valence electrons. The molecule has 0 saturated carbocycles. The van der Waals surface area contributed by atoms with Crippen LogP contribution in [0.5, 0.6) is 5.75 Å². The molecule has 2 aromatic carbocycles. The molecule has 1 fully saturated rings. The van der Waals surface area contributed by atoms with Crippen LogP contribution >= 0.6 is 0 Å². The molecule has 2 aromatic rings. The first-order chi connectivity index (χ1) is 13.4. The molecule has 1 atom stereocenters. The fraction of sp³-hybridized carbons (Fsp3) is 0.250. The zero-order chi connectivity index (χ0) is 20.1. The Morgan fingerprint density at radius 3 is 2.39 bits per heavy atom. The highest BCUT2D eigenvalue weighted by molar-refractivity contribution is 5.98. The number of nitrogens with one attached hydrogen (secondary N) is 3. The molecule has 3 rings (SSSR count). The van der Waals surface area contributed by atoms with Gasteiger partial charge in [0.05, 0.1) is 13.2 Å². The van der Waals surface area contributed by atoms with E-state index in [1.165, 1.54) is 6.92 Å². The van der Waals surface area contributed by atoms with Crippen molar-refractivity contribution in [2.24, 2.45) is 0 Å². The van der Waals surface area contributed by atoms with E-state index in [0.717, 1.165) is 5.69 Å². The van der Waals surface area contributed by atoms with Crippen LogP contribution in [0.15, 0.2) is 48.5 Å². The van der Waals surface area contributed by atoms with Crippen LogP contribution in [0.4, 0.5) is 21.9 Å². The van der Waals surface area contributed by atoms with Gasteiger partial charge in [-0.2, -0.15) is 0 Å².